The molecule has 2 aromatic rings. The molecule has 0 N–H and O–H groups in total. The van der Waals surface area contributed by atoms with E-state index in [1.165, 1.54) is 17.8 Å². The van der Waals surface area contributed by atoms with Crippen LogP contribution in [-0.2, 0) is 0 Å². The van der Waals surface area contributed by atoms with Gasteiger partial charge in [-0.3, -0.25) is 9.78 Å². The van der Waals surface area contributed by atoms with Crippen LogP contribution in [0.5, 0.6) is 0 Å². The Bertz CT molecular complexity index is 814. The second-order valence-corrected chi connectivity index (χ2v) is 9.82. The van der Waals surface area contributed by atoms with Crippen molar-refractivity contribution in [3.63, 3.8) is 0 Å². The number of aryl methyl sites for hydroxylation is 1. The van der Waals surface area contributed by atoms with Crippen LogP contribution in [0.15, 0.2) is 24.5 Å². The minimum atomic E-state index is 0.168. The number of hydrogen-bond acceptors (Lipinski definition) is 4. The number of carbonyl (C=O) groups is 1. The second kappa shape index (κ2) is 5.63. The van der Waals surface area contributed by atoms with Gasteiger partial charge < -0.3 is 4.90 Å². The molecule has 1 amide bonds. The quantitative estimate of drug-likeness (QED) is 0.794. The summed E-state index contributed by atoms with van der Waals surface area (Å²) in [5.41, 5.74) is 2.44. The molecule has 0 spiro atoms. The number of aromatic nitrogens is 2. The van der Waals surface area contributed by atoms with Gasteiger partial charge in [-0.2, -0.15) is 0 Å². The second-order valence-electron chi connectivity index (χ2n) is 8.82. The molecule has 2 unspecified atom stereocenters. The lowest BCUT2D eigenvalue weighted by Gasteiger charge is -2.39. The molecule has 1 saturated carbocycles. The number of thiazole rings is 1. The molecule has 1 aliphatic heterocycles. The highest BCUT2D eigenvalue weighted by Crippen LogP contribution is 2.53. The summed E-state index contributed by atoms with van der Waals surface area (Å²) in [4.78, 5) is 24.9. The number of rotatable bonds is 2. The number of likely N-dealkylation sites (tertiary alicyclic amines) is 1. The summed E-state index contributed by atoms with van der Waals surface area (Å²) in [6, 6.07) is 4.25. The van der Waals surface area contributed by atoms with Crippen LogP contribution in [0.2, 0.25) is 0 Å². The normalized spacial score (nSPS) is 27.5. The van der Waals surface area contributed by atoms with Crippen LogP contribution < -0.4 is 0 Å². The van der Waals surface area contributed by atoms with Crippen molar-refractivity contribution in [1.29, 1.82) is 0 Å². The van der Waals surface area contributed by atoms with Gasteiger partial charge in [0.15, 0.2) is 0 Å². The molecule has 5 heteroatoms. The largest absolute Gasteiger partial charge is 0.334 e. The van der Waals surface area contributed by atoms with Gasteiger partial charge in [0.05, 0.1) is 5.69 Å². The van der Waals surface area contributed by atoms with Crippen LogP contribution >= 0.6 is 11.3 Å². The summed E-state index contributed by atoms with van der Waals surface area (Å²) in [6.07, 6.45) is 6.96. The number of carbonyl (C=O) groups excluding carboxylic acids is 1. The molecule has 3 heterocycles. The van der Waals surface area contributed by atoms with Gasteiger partial charge in [-0.1, -0.05) is 20.8 Å². The fraction of sp³-hybridized carbons (Fsp3) is 0.550. The minimum absolute atomic E-state index is 0.168. The average molecular weight is 356 g/mol. The lowest BCUT2D eigenvalue weighted by Crippen LogP contribution is -2.37. The summed E-state index contributed by atoms with van der Waals surface area (Å²) in [6.45, 7) is 9.84. The maximum Gasteiger partial charge on any atom is 0.266 e. The van der Waals surface area contributed by atoms with Gasteiger partial charge in [-0.05, 0) is 49.1 Å². The Morgan fingerprint density at radius 3 is 2.68 bits per heavy atom. The summed E-state index contributed by atoms with van der Waals surface area (Å²) in [5, 5.41) is 0.900. The van der Waals surface area contributed by atoms with Gasteiger partial charge in [0.1, 0.15) is 9.88 Å². The van der Waals surface area contributed by atoms with Gasteiger partial charge in [0, 0.05) is 30.5 Å². The first-order chi connectivity index (χ1) is 11.8. The van der Waals surface area contributed by atoms with E-state index in [2.05, 4.69) is 35.6 Å². The van der Waals surface area contributed by atoms with Crippen LogP contribution in [0.25, 0.3) is 10.6 Å². The van der Waals surface area contributed by atoms with Gasteiger partial charge in [0.25, 0.3) is 5.91 Å². The first kappa shape index (κ1) is 16.7. The third kappa shape index (κ3) is 2.99. The molecule has 2 aromatic heterocycles. The molecular formula is C20H25N3OS. The minimum Gasteiger partial charge on any atom is -0.334 e. The zero-order valence-electron chi connectivity index (χ0n) is 15.4. The van der Waals surface area contributed by atoms with E-state index in [-0.39, 0.29) is 11.3 Å². The lowest BCUT2D eigenvalue weighted by molar-refractivity contribution is 0.0712. The molecule has 2 aliphatic rings. The first-order valence-electron chi connectivity index (χ1n) is 8.95. The highest BCUT2D eigenvalue weighted by atomic mass is 32.1. The van der Waals surface area contributed by atoms with E-state index in [4.69, 9.17) is 0 Å². The van der Waals surface area contributed by atoms with Gasteiger partial charge in [-0.15, -0.1) is 11.3 Å². The van der Waals surface area contributed by atoms with Crippen molar-refractivity contribution in [3.8, 4) is 10.6 Å². The Labute approximate surface area is 153 Å². The molecule has 4 nitrogen and oxygen atoms in total. The molecular weight excluding hydrogens is 330 g/mol. The van der Waals surface area contributed by atoms with Gasteiger partial charge in [-0.25, -0.2) is 4.98 Å². The third-order valence-electron chi connectivity index (χ3n) is 5.59. The number of amides is 1. The van der Waals surface area contributed by atoms with E-state index in [0.717, 1.165) is 40.5 Å². The van der Waals surface area contributed by atoms with Crippen molar-refractivity contribution < 1.29 is 4.79 Å². The molecule has 4 rings (SSSR count). The Morgan fingerprint density at radius 1 is 1.24 bits per heavy atom. The SMILES string of the molecule is Cc1nc(-c2ccncc2)sc1C(=O)N1CC2(C)CC1CC(C)(C)C2. The Morgan fingerprint density at radius 2 is 1.96 bits per heavy atom. The predicted octanol–water partition coefficient (Wildman–Crippen LogP) is 4.55. The van der Waals surface area contributed by atoms with E-state index in [9.17, 15) is 4.79 Å². The third-order valence-corrected chi connectivity index (χ3v) is 6.79. The standard InChI is InChI=1S/C20H25N3OS/c1-13-16(25-17(22-13)14-5-7-21-8-6-14)18(24)23-12-20(4)10-15(23)9-19(2,3)11-20/h5-8,15H,9-12H2,1-4H3. The fourth-order valence-corrected chi connectivity index (χ4v) is 6.07. The van der Waals surface area contributed by atoms with E-state index < -0.39 is 0 Å². The van der Waals surface area contributed by atoms with E-state index >= 15 is 0 Å². The Kier molecular flexibility index (Phi) is 3.76. The maximum atomic E-state index is 13.3. The molecule has 132 valence electrons. The average Bonchev–Trinajstić information content (AvgIpc) is 3.04. The fourth-order valence-electron chi connectivity index (χ4n) is 5.04. The molecule has 0 aromatic carbocycles. The van der Waals surface area contributed by atoms with Crippen molar-refractivity contribution in [3.05, 3.63) is 35.1 Å². The summed E-state index contributed by atoms with van der Waals surface area (Å²) in [7, 11) is 0. The predicted molar refractivity (Wildman–Crippen MR) is 101 cm³/mol. The number of fused-ring (bicyclic) bond motifs is 2. The molecule has 25 heavy (non-hydrogen) atoms. The van der Waals surface area contributed by atoms with Crippen molar-refractivity contribution in [1.82, 2.24) is 14.9 Å². The Hall–Kier alpha value is -1.75. The van der Waals surface area contributed by atoms with Crippen LogP contribution in [0.4, 0.5) is 0 Å². The van der Waals surface area contributed by atoms with Crippen LogP contribution in [0.1, 0.15) is 55.4 Å². The van der Waals surface area contributed by atoms with Gasteiger partial charge >= 0.3 is 0 Å². The monoisotopic (exact) mass is 355 g/mol. The van der Waals surface area contributed by atoms with Crippen molar-refractivity contribution in [2.45, 2.75) is 53.0 Å². The maximum absolute atomic E-state index is 13.3. The van der Waals surface area contributed by atoms with E-state index in [0.29, 0.717) is 11.5 Å². The van der Waals surface area contributed by atoms with Gasteiger partial charge in [0.2, 0.25) is 0 Å². The molecule has 0 radical (unpaired) electrons. The molecule has 1 aliphatic carbocycles. The summed E-state index contributed by atoms with van der Waals surface area (Å²) < 4.78 is 0. The lowest BCUT2D eigenvalue weighted by atomic mass is 9.65. The smallest absolute Gasteiger partial charge is 0.266 e. The molecule has 2 fully saturated rings. The zero-order valence-corrected chi connectivity index (χ0v) is 16.2. The highest BCUT2D eigenvalue weighted by Gasteiger charge is 2.51. The Balaban J connectivity index is 1.63. The molecule has 1 saturated heterocycles. The number of hydrogen-bond donors (Lipinski definition) is 0. The molecule has 2 bridgehead atoms. The number of pyridine rings is 1. The van der Waals surface area contributed by atoms with Crippen molar-refractivity contribution >= 4 is 17.2 Å². The van der Waals surface area contributed by atoms with E-state index in [1.54, 1.807) is 12.4 Å². The summed E-state index contributed by atoms with van der Waals surface area (Å²) in [5.74, 6) is 0.168. The zero-order chi connectivity index (χ0) is 17.8. The van der Waals surface area contributed by atoms with Crippen LogP contribution in [0, 0.1) is 17.8 Å². The molecule has 2 atom stereocenters. The van der Waals surface area contributed by atoms with Crippen LogP contribution in [-0.4, -0.2) is 33.4 Å². The topological polar surface area (TPSA) is 46.1 Å². The summed E-state index contributed by atoms with van der Waals surface area (Å²) >= 11 is 1.51. The van der Waals surface area contributed by atoms with Crippen molar-refractivity contribution in [2.24, 2.45) is 10.8 Å². The van der Waals surface area contributed by atoms with E-state index in [1.807, 2.05) is 19.1 Å². The first-order valence-corrected chi connectivity index (χ1v) is 9.77. The highest BCUT2D eigenvalue weighted by molar-refractivity contribution is 7.17. The van der Waals surface area contributed by atoms with Crippen LogP contribution in [0.3, 0.4) is 0 Å². The number of nitrogens with zero attached hydrogens (tertiary/aromatic N) is 3. The van der Waals surface area contributed by atoms with Crippen molar-refractivity contribution in [2.75, 3.05) is 6.54 Å².